The van der Waals surface area contributed by atoms with Crippen LogP contribution in [0.3, 0.4) is 0 Å². The second kappa shape index (κ2) is 16.6. The molecule has 3 aromatic carbocycles. The lowest BCUT2D eigenvalue weighted by molar-refractivity contribution is -0.141. The first kappa shape index (κ1) is 42.6. The minimum atomic E-state index is -1.21. The maximum atomic E-state index is 16.3. The van der Waals surface area contributed by atoms with E-state index >= 15 is 4.39 Å². The number of rotatable bonds is 5. The first-order valence-corrected chi connectivity index (χ1v) is 23.3. The molecule has 2 saturated carbocycles. The van der Waals surface area contributed by atoms with Crippen LogP contribution < -0.4 is 21.3 Å². The molecule has 3 aromatic rings. The van der Waals surface area contributed by atoms with Crippen LogP contribution in [-0.2, 0) is 36.9 Å². The van der Waals surface area contributed by atoms with Crippen LogP contribution in [0.1, 0.15) is 109 Å². The van der Waals surface area contributed by atoms with Crippen LogP contribution >= 0.6 is 23.2 Å². The van der Waals surface area contributed by atoms with Crippen molar-refractivity contribution in [3.05, 3.63) is 98.3 Å². The number of halogens is 3. The zero-order chi connectivity index (χ0) is 44.5. The highest BCUT2D eigenvalue weighted by molar-refractivity contribution is 6.31. The van der Waals surface area contributed by atoms with E-state index < -0.39 is 40.7 Å². The van der Waals surface area contributed by atoms with Crippen molar-refractivity contribution in [3.8, 4) is 11.8 Å². The Morgan fingerprint density at radius 3 is 2.44 bits per heavy atom. The molecule has 0 aromatic heterocycles. The van der Waals surface area contributed by atoms with Gasteiger partial charge in [-0.05, 0) is 98.4 Å². The number of nitrogens with one attached hydrogen (secondary N) is 4. The Hall–Kier alpha value is -5.29. The number of benzene rings is 3. The van der Waals surface area contributed by atoms with Crippen LogP contribution in [0.25, 0.3) is 0 Å². The third-order valence-electron chi connectivity index (χ3n) is 15.3. The Kier molecular flexibility index (Phi) is 11.1. The van der Waals surface area contributed by atoms with Gasteiger partial charge in [-0.1, -0.05) is 78.6 Å². The highest BCUT2D eigenvalue weighted by atomic mass is 35.5. The molecule has 0 radical (unpaired) electrons. The van der Waals surface area contributed by atoms with Gasteiger partial charge in [-0.2, -0.15) is 0 Å². The van der Waals surface area contributed by atoms with Crippen molar-refractivity contribution >= 4 is 64.3 Å². The quantitative estimate of drug-likeness (QED) is 0.180. The molecule has 4 N–H and O–H groups in total. The zero-order valence-electron chi connectivity index (χ0n) is 35.2. The number of amides is 6. The molecular weight excluding hydrogens is 858 g/mol. The fourth-order valence-corrected chi connectivity index (χ4v) is 12.3. The van der Waals surface area contributed by atoms with E-state index in [-0.39, 0.29) is 71.0 Å². The highest BCUT2D eigenvalue weighted by Crippen LogP contribution is 2.61. The van der Waals surface area contributed by atoms with Gasteiger partial charge < -0.3 is 20.4 Å². The van der Waals surface area contributed by atoms with Crippen LogP contribution in [0.15, 0.2) is 54.6 Å². The van der Waals surface area contributed by atoms with E-state index in [2.05, 4.69) is 33.1 Å². The molecular formula is C49H49Cl2FN6O6. The molecule has 15 heteroatoms. The number of hydrogen-bond acceptors (Lipinski definition) is 7. The predicted octanol–water partition coefficient (Wildman–Crippen LogP) is 6.02. The van der Waals surface area contributed by atoms with Gasteiger partial charge in [-0.25, -0.2) is 4.39 Å². The Morgan fingerprint density at radius 2 is 1.67 bits per heavy atom. The Morgan fingerprint density at radius 1 is 0.906 bits per heavy atom. The summed E-state index contributed by atoms with van der Waals surface area (Å²) in [4.78, 5) is 84.1. The molecule has 12 nitrogen and oxygen atoms in total. The van der Waals surface area contributed by atoms with Crippen molar-refractivity contribution in [3.63, 3.8) is 0 Å². The van der Waals surface area contributed by atoms with Crippen molar-refractivity contribution in [1.29, 1.82) is 0 Å². The Balaban J connectivity index is 0.795. The molecule has 10 rings (SSSR count). The fraction of sp³-hybridized carbons (Fsp3) is 0.469. The monoisotopic (exact) mass is 906 g/mol. The summed E-state index contributed by atoms with van der Waals surface area (Å²) in [6.45, 7) is 1.37. The summed E-state index contributed by atoms with van der Waals surface area (Å²) >= 11 is 12.7. The summed E-state index contributed by atoms with van der Waals surface area (Å²) in [7, 11) is 0. The van der Waals surface area contributed by atoms with Crippen molar-refractivity contribution < 1.29 is 33.2 Å². The summed E-state index contributed by atoms with van der Waals surface area (Å²) < 4.78 is 16.3. The molecule has 332 valence electrons. The summed E-state index contributed by atoms with van der Waals surface area (Å²) in [6, 6.07) is 13.7. The topological polar surface area (TPSA) is 157 Å². The number of anilines is 1. The van der Waals surface area contributed by atoms with E-state index in [4.69, 9.17) is 23.2 Å². The number of hydrogen-bond donors (Lipinski definition) is 4. The summed E-state index contributed by atoms with van der Waals surface area (Å²) in [6.07, 6.45) is 7.13. The Bertz CT molecular complexity index is 2560. The van der Waals surface area contributed by atoms with Gasteiger partial charge in [-0.15, -0.1) is 0 Å². The lowest BCUT2D eigenvalue weighted by atomic mass is 9.54. The molecule has 3 saturated heterocycles. The van der Waals surface area contributed by atoms with Gasteiger partial charge in [0, 0.05) is 77.2 Å². The minimum Gasteiger partial charge on any atom is -0.352 e. The average molecular weight is 908 g/mol. The van der Waals surface area contributed by atoms with Crippen molar-refractivity contribution in [2.24, 2.45) is 17.3 Å². The number of nitrogens with zero attached hydrogens (tertiary/aromatic N) is 2. The molecule has 5 fully saturated rings. The van der Waals surface area contributed by atoms with Gasteiger partial charge in [0.05, 0.1) is 16.5 Å². The molecule has 4 atom stereocenters. The van der Waals surface area contributed by atoms with Crippen molar-refractivity contribution in [2.75, 3.05) is 18.4 Å². The van der Waals surface area contributed by atoms with E-state index in [0.29, 0.717) is 80.7 Å². The Labute approximate surface area is 380 Å². The smallest absolute Gasteiger partial charge is 0.255 e. The fourth-order valence-electron chi connectivity index (χ4n) is 11.9. The largest absolute Gasteiger partial charge is 0.352 e. The van der Waals surface area contributed by atoms with Gasteiger partial charge in [-0.3, -0.25) is 39.4 Å². The van der Waals surface area contributed by atoms with Gasteiger partial charge >= 0.3 is 0 Å². The van der Waals surface area contributed by atoms with Gasteiger partial charge in [0.25, 0.3) is 5.91 Å². The third kappa shape index (κ3) is 7.17. The van der Waals surface area contributed by atoms with E-state index in [1.165, 1.54) is 11.0 Å². The highest BCUT2D eigenvalue weighted by Gasteiger charge is 2.70. The number of carbonyl (C=O) groups excluding carboxylic acids is 6. The molecule has 1 unspecified atom stereocenters. The summed E-state index contributed by atoms with van der Waals surface area (Å²) in [5, 5.41) is 12.8. The van der Waals surface area contributed by atoms with Crippen LogP contribution in [0.4, 0.5) is 10.1 Å². The first-order valence-electron chi connectivity index (χ1n) is 22.5. The molecule has 64 heavy (non-hydrogen) atoms. The second-order valence-corrected chi connectivity index (χ2v) is 19.6. The number of piperidine rings is 2. The lowest BCUT2D eigenvalue weighted by Crippen LogP contribution is -2.62. The van der Waals surface area contributed by atoms with Gasteiger partial charge in [0.15, 0.2) is 0 Å². The standard InChI is InChI=1S/C49H49Cl2FN6O6/c50-31-13-12-29-25-49(47(64)54-37(29)24-31)40(34-8-5-9-36(51)41(34)52)42(56-48(49)18-2-1-3-19-48)44(61)53-32-22-30(23-32)45(62)57-20-16-27(17-21-57)10-11-28-6-4-7-33-35(28)26-58(46(33)63)38-14-15-39(59)55-43(38)60/h4-9,12-13,24,27,30,32,38,40,42,56H,1-3,14-23,25-26H2,(H,53,61)(H,54,64)(H,55,59,60)/t30?,32?,38?,40-,42+,49+/m0/s1. The molecule has 5 aliphatic heterocycles. The van der Waals surface area contributed by atoms with E-state index in [9.17, 15) is 28.8 Å². The minimum absolute atomic E-state index is 0.0560. The van der Waals surface area contributed by atoms with Crippen LogP contribution in [0.5, 0.6) is 0 Å². The predicted molar refractivity (Wildman–Crippen MR) is 236 cm³/mol. The second-order valence-electron chi connectivity index (χ2n) is 18.8. The van der Waals surface area contributed by atoms with E-state index in [0.717, 1.165) is 36.0 Å². The van der Waals surface area contributed by atoms with Gasteiger partial charge in [0.1, 0.15) is 11.9 Å². The molecule has 6 amide bonds. The number of likely N-dealkylation sites (tertiary alicyclic amines) is 1. The molecule has 5 heterocycles. The molecule has 2 aliphatic carbocycles. The van der Waals surface area contributed by atoms with Crippen molar-refractivity contribution in [1.82, 2.24) is 25.8 Å². The van der Waals surface area contributed by atoms with Crippen LogP contribution in [0.2, 0.25) is 10.0 Å². The first-order chi connectivity index (χ1) is 30.9. The summed E-state index contributed by atoms with van der Waals surface area (Å²) in [5.41, 5.74) is 1.75. The van der Waals surface area contributed by atoms with Crippen LogP contribution in [0, 0.1) is 34.9 Å². The molecule has 2 spiro atoms. The van der Waals surface area contributed by atoms with E-state index in [1.807, 2.05) is 17.0 Å². The summed E-state index contributed by atoms with van der Waals surface area (Å²) in [5.74, 6) is 3.41. The van der Waals surface area contributed by atoms with Gasteiger partial charge in [0.2, 0.25) is 29.5 Å². The third-order valence-corrected chi connectivity index (χ3v) is 15.8. The average Bonchev–Trinajstić information content (AvgIpc) is 3.74. The maximum Gasteiger partial charge on any atom is 0.255 e. The number of carbonyl (C=O) groups is 6. The van der Waals surface area contributed by atoms with Crippen molar-refractivity contribution in [2.45, 2.75) is 113 Å². The molecule has 0 bridgehead atoms. The maximum absolute atomic E-state index is 16.3. The SMILES string of the molecule is O=C1CCC(N2Cc3c(C#CC4CCN(C(=O)C5CC(NC(=O)[C@@H]6NC7(CCCCC7)[C@]7(Cc8ccc(Cl)cc8NC7=O)[C@H]6c6cccc(Cl)c6F)C5)CC4)cccc3C2=O)C(=O)N1. The molecule has 7 aliphatic rings. The number of imide groups is 1. The normalized spacial score (nSPS) is 28.5. The zero-order valence-corrected chi connectivity index (χ0v) is 36.8. The number of fused-ring (bicyclic) bond motifs is 3. The lowest BCUT2D eigenvalue weighted by Gasteiger charge is -2.51. The van der Waals surface area contributed by atoms with Crippen LogP contribution in [-0.4, -0.2) is 82.0 Å². The van der Waals surface area contributed by atoms with E-state index in [1.54, 1.807) is 36.4 Å².